The van der Waals surface area contributed by atoms with Crippen molar-refractivity contribution in [1.29, 1.82) is 0 Å². The molecule has 0 unspecified atom stereocenters. The van der Waals surface area contributed by atoms with Gasteiger partial charge in [-0.05, 0) is 42.2 Å². The van der Waals surface area contributed by atoms with Crippen LogP contribution in [0.25, 0.3) is 11.0 Å². The number of anilines is 1. The van der Waals surface area contributed by atoms with Crippen LogP contribution in [-0.2, 0) is 29.3 Å². The molecule has 0 aromatic carbocycles. The Hall–Kier alpha value is -3.60. The highest BCUT2D eigenvalue weighted by atomic mass is 32.2. The number of aromatic amines is 1. The molecule has 0 aliphatic carbocycles. The van der Waals surface area contributed by atoms with E-state index < -0.39 is 21.8 Å². The summed E-state index contributed by atoms with van der Waals surface area (Å²) in [4.78, 5) is 15.1. The molecule has 0 saturated heterocycles. The minimum Gasteiger partial charge on any atom is -0.479 e. The van der Waals surface area contributed by atoms with Crippen LogP contribution in [0.15, 0.2) is 42.9 Å². The minimum absolute atomic E-state index is 0.0704. The Labute approximate surface area is 189 Å². The molecule has 0 atom stereocenters. The number of hydrogen-bond acceptors (Lipinski definition) is 6. The zero-order chi connectivity index (χ0) is 23.6. The molecule has 0 amide bonds. The van der Waals surface area contributed by atoms with Crippen LogP contribution in [0.5, 0.6) is 5.88 Å². The number of aryl methyl sites for hydroxylation is 2. The first-order valence-electron chi connectivity index (χ1n) is 9.98. The van der Waals surface area contributed by atoms with E-state index in [-0.39, 0.29) is 12.3 Å². The monoisotopic (exact) mass is 473 g/mol. The van der Waals surface area contributed by atoms with Gasteiger partial charge >= 0.3 is 0 Å². The fraction of sp³-hybridized carbons (Fsp3) is 0.227. The third-order valence-electron chi connectivity index (χ3n) is 5.01. The Morgan fingerprint density at radius 2 is 1.91 bits per heavy atom. The molecule has 0 radical (unpaired) electrons. The molecule has 11 heteroatoms. The van der Waals surface area contributed by atoms with E-state index in [2.05, 4.69) is 24.7 Å². The van der Waals surface area contributed by atoms with E-state index in [1.54, 1.807) is 24.4 Å². The Bertz CT molecular complexity index is 1420. The molecule has 4 aromatic rings. The second-order valence-electron chi connectivity index (χ2n) is 7.57. The summed E-state index contributed by atoms with van der Waals surface area (Å²) in [5.74, 6) is -1.22. The summed E-state index contributed by atoms with van der Waals surface area (Å²) in [7, 11) is -2.10. The summed E-state index contributed by atoms with van der Waals surface area (Å²) in [6.45, 7) is 0. The van der Waals surface area contributed by atoms with Gasteiger partial charge in [0.15, 0.2) is 5.82 Å². The second kappa shape index (κ2) is 9.10. The van der Waals surface area contributed by atoms with Crippen LogP contribution >= 0.6 is 0 Å². The maximum atomic E-state index is 14.7. The molecule has 2 N–H and O–H groups in total. The van der Waals surface area contributed by atoms with Crippen molar-refractivity contribution in [3.8, 4) is 5.88 Å². The largest absolute Gasteiger partial charge is 0.479 e. The summed E-state index contributed by atoms with van der Waals surface area (Å²) in [5, 5.41) is 0.682. The average molecular weight is 474 g/mol. The molecular formula is C22H21F2N5O3S. The zero-order valence-electron chi connectivity index (χ0n) is 17.9. The number of aromatic nitrogens is 4. The van der Waals surface area contributed by atoms with Gasteiger partial charge in [-0.3, -0.25) is 4.72 Å². The van der Waals surface area contributed by atoms with Crippen LogP contribution in [0.1, 0.15) is 22.4 Å². The summed E-state index contributed by atoms with van der Waals surface area (Å²) in [6, 6.07) is 6.39. The Morgan fingerprint density at radius 1 is 1.09 bits per heavy atom. The first-order chi connectivity index (χ1) is 15.7. The SMILES string of the molecule is COc1ncc(CCc2ccc(Cc3c[nH]c4ncc(NS(C)(=O)=O)cc34)c(F)n2)cc1F. The van der Waals surface area contributed by atoms with Crippen molar-refractivity contribution >= 4 is 26.7 Å². The molecule has 172 valence electrons. The van der Waals surface area contributed by atoms with E-state index in [4.69, 9.17) is 4.74 Å². The van der Waals surface area contributed by atoms with Crippen LogP contribution in [0.3, 0.4) is 0 Å². The number of halogens is 2. The quantitative estimate of drug-likeness (QED) is 0.380. The van der Waals surface area contributed by atoms with Crippen LogP contribution in [0.2, 0.25) is 0 Å². The van der Waals surface area contributed by atoms with E-state index in [1.807, 2.05) is 0 Å². The summed E-state index contributed by atoms with van der Waals surface area (Å²) >= 11 is 0. The molecule has 0 fully saturated rings. The van der Waals surface area contributed by atoms with Gasteiger partial charge in [-0.15, -0.1) is 0 Å². The summed E-state index contributed by atoms with van der Waals surface area (Å²) in [5.41, 5.74) is 3.22. The molecule has 0 aliphatic heterocycles. The number of nitrogens with one attached hydrogen (secondary N) is 2. The molecule has 33 heavy (non-hydrogen) atoms. The maximum absolute atomic E-state index is 14.7. The molecule has 0 spiro atoms. The molecular weight excluding hydrogens is 452 g/mol. The lowest BCUT2D eigenvalue weighted by atomic mass is 10.0. The van der Waals surface area contributed by atoms with Crippen LogP contribution in [0.4, 0.5) is 14.5 Å². The number of pyridine rings is 3. The first-order valence-corrected chi connectivity index (χ1v) is 11.9. The highest BCUT2D eigenvalue weighted by Gasteiger charge is 2.13. The van der Waals surface area contributed by atoms with Crippen LogP contribution in [0, 0.1) is 11.8 Å². The van der Waals surface area contributed by atoms with Crippen molar-refractivity contribution in [2.45, 2.75) is 19.3 Å². The number of hydrogen-bond donors (Lipinski definition) is 2. The molecule has 4 rings (SSSR count). The summed E-state index contributed by atoms with van der Waals surface area (Å²) in [6.07, 6.45) is 6.80. The predicted molar refractivity (Wildman–Crippen MR) is 120 cm³/mol. The number of H-pyrrole nitrogens is 1. The number of rotatable bonds is 8. The number of ether oxygens (including phenoxy) is 1. The first kappa shape index (κ1) is 22.6. The van der Waals surface area contributed by atoms with Crippen LogP contribution in [-0.4, -0.2) is 41.7 Å². The van der Waals surface area contributed by atoms with Crippen molar-refractivity contribution < 1.29 is 21.9 Å². The molecule has 8 nitrogen and oxygen atoms in total. The van der Waals surface area contributed by atoms with Gasteiger partial charge in [0.25, 0.3) is 0 Å². The fourth-order valence-electron chi connectivity index (χ4n) is 3.48. The lowest BCUT2D eigenvalue weighted by Crippen LogP contribution is -2.09. The number of fused-ring (bicyclic) bond motifs is 1. The van der Waals surface area contributed by atoms with E-state index in [9.17, 15) is 17.2 Å². The molecule has 0 saturated carbocycles. The lowest BCUT2D eigenvalue weighted by molar-refractivity contribution is 0.368. The van der Waals surface area contributed by atoms with Crippen LogP contribution < -0.4 is 9.46 Å². The number of nitrogens with zero attached hydrogens (tertiary/aromatic N) is 3. The topological polar surface area (TPSA) is 110 Å². The number of methoxy groups -OCH3 is 1. The minimum atomic E-state index is -3.44. The van der Waals surface area contributed by atoms with Crippen molar-refractivity contribution in [3.63, 3.8) is 0 Å². The molecule has 0 bridgehead atoms. The molecule has 4 heterocycles. The lowest BCUT2D eigenvalue weighted by Gasteiger charge is -2.07. The van der Waals surface area contributed by atoms with Gasteiger partial charge in [-0.25, -0.2) is 27.8 Å². The number of sulfonamides is 1. The Morgan fingerprint density at radius 3 is 2.61 bits per heavy atom. The van der Waals surface area contributed by atoms with Gasteiger partial charge in [0.05, 0.1) is 25.2 Å². The second-order valence-corrected chi connectivity index (χ2v) is 9.32. The fourth-order valence-corrected chi connectivity index (χ4v) is 4.02. The van der Waals surface area contributed by atoms with E-state index >= 15 is 0 Å². The van der Waals surface area contributed by atoms with Gasteiger partial charge in [0.1, 0.15) is 5.65 Å². The summed E-state index contributed by atoms with van der Waals surface area (Å²) < 4.78 is 58.7. The predicted octanol–water partition coefficient (Wildman–Crippen LogP) is 3.39. The highest BCUT2D eigenvalue weighted by Crippen LogP contribution is 2.24. The molecule has 4 aromatic heterocycles. The van der Waals surface area contributed by atoms with E-state index in [0.717, 1.165) is 11.8 Å². The third-order valence-corrected chi connectivity index (χ3v) is 5.62. The van der Waals surface area contributed by atoms with Crippen molar-refractivity contribution in [2.75, 3.05) is 18.1 Å². The van der Waals surface area contributed by atoms with Gasteiger partial charge in [-0.1, -0.05) is 6.07 Å². The standard InChI is InChI=1S/C22H21F2N5O3S/c1-32-22-19(23)7-13(10-27-22)3-5-16-6-4-14(20(24)28-16)8-15-11-25-21-18(15)9-17(12-26-21)29-33(2,30)31/h4,6-7,9-12,29H,3,5,8H2,1-2H3,(H,25,26). The van der Waals surface area contributed by atoms with Crippen molar-refractivity contribution in [2.24, 2.45) is 0 Å². The van der Waals surface area contributed by atoms with Gasteiger partial charge in [-0.2, -0.15) is 4.39 Å². The Kier molecular flexibility index (Phi) is 6.23. The third kappa shape index (κ3) is 5.43. The maximum Gasteiger partial charge on any atom is 0.250 e. The molecule has 0 aliphatic rings. The Balaban J connectivity index is 1.49. The van der Waals surface area contributed by atoms with Gasteiger partial charge < -0.3 is 9.72 Å². The average Bonchev–Trinajstić information content (AvgIpc) is 3.15. The van der Waals surface area contributed by atoms with Gasteiger partial charge in [0, 0.05) is 35.5 Å². The highest BCUT2D eigenvalue weighted by molar-refractivity contribution is 7.92. The van der Waals surface area contributed by atoms with E-state index in [0.29, 0.717) is 46.4 Å². The normalized spacial score (nSPS) is 11.6. The van der Waals surface area contributed by atoms with Crippen molar-refractivity contribution in [1.82, 2.24) is 19.9 Å². The zero-order valence-corrected chi connectivity index (χ0v) is 18.7. The smallest absolute Gasteiger partial charge is 0.250 e. The van der Waals surface area contributed by atoms with Crippen molar-refractivity contribution in [3.05, 3.63) is 77.0 Å². The van der Waals surface area contributed by atoms with E-state index in [1.165, 1.54) is 25.6 Å². The van der Waals surface area contributed by atoms with Gasteiger partial charge in [0.2, 0.25) is 21.9 Å².